The fourth-order valence-corrected chi connectivity index (χ4v) is 4.13. The van der Waals surface area contributed by atoms with Gasteiger partial charge >= 0.3 is 0 Å². The molecule has 128 valence electrons. The van der Waals surface area contributed by atoms with Crippen LogP contribution in [-0.4, -0.2) is 52.9 Å². The van der Waals surface area contributed by atoms with E-state index in [-0.39, 0.29) is 5.91 Å². The van der Waals surface area contributed by atoms with Crippen molar-refractivity contribution in [3.05, 3.63) is 29.1 Å². The quantitative estimate of drug-likeness (QED) is 0.836. The maximum absolute atomic E-state index is 11.5. The third-order valence-electron chi connectivity index (χ3n) is 5.36. The van der Waals surface area contributed by atoms with Gasteiger partial charge in [0.25, 0.3) is 0 Å². The highest BCUT2D eigenvalue weighted by Gasteiger charge is 2.33. The van der Waals surface area contributed by atoms with E-state index in [4.69, 9.17) is 16.0 Å². The molecule has 2 aliphatic rings. The number of halogens is 1. The zero-order valence-corrected chi connectivity index (χ0v) is 14.6. The molecule has 0 aliphatic carbocycles. The highest BCUT2D eigenvalue weighted by atomic mass is 35.5. The molecule has 0 radical (unpaired) electrons. The van der Waals surface area contributed by atoms with Crippen LogP contribution in [0.2, 0.25) is 5.02 Å². The van der Waals surface area contributed by atoms with Crippen LogP contribution in [0.4, 0.5) is 0 Å². The van der Waals surface area contributed by atoms with Gasteiger partial charge in [0.05, 0.1) is 0 Å². The predicted octanol–water partition coefficient (Wildman–Crippen LogP) is 3.28. The minimum Gasteiger partial charge on any atom is -0.440 e. The second-order valence-corrected chi connectivity index (χ2v) is 7.32. The lowest BCUT2D eigenvalue weighted by molar-refractivity contribution is -0.130. The van der Waals surface area contributed by atoms with Crippen molar-refractivity contribution < 1.29 is 9.21 Å². The molecule has 5 nitrogen and oxygen atoms in total. The summed E-state index contributed by atoms with van der Waals surface area (Å²) in [5.41, 5.74) is 1.65. The third kappa shape index (κ3) is 3.03. The molecule has 0 bridgehead atoms. The van der Waals surface area contributed by atoms with Gasteiger partial charge in [0, 0.05) is 43.5 Å². The Balaban J connectivity index is 1.41. The number of oxazole rings is 1. The Bertz CT molecular complexity index is 752. The van der Waals surface area contributed by atoms with Crippen molar-refractivity contribution in [1.82, 2.24) is 14.8 Å². The van der Waals surface area contributed by atoms with Gasteiger partial charge in [-0.2, -0.15) is 0 Å². The van der Waals surface area contributed by atoms with Crippen molar-refractivity contribution >= 4 is 28.6 Å². The van der Waals surface area contributed by atoms with E-state index in [9.17, 15) is 4.79 Å². The van der Waals surface area contributed by atoms with Crippen molar-refractivity contribution in [3.63, 3.8) is 0 Å². The highest BCUT2D eigenvalue weighted by Crippen LogP contribution is 2.32. The monoisotopic (exact) mass is 347 g/mol. The zero-order valence-electron chi connectivity index (χ0n) is 13.9. The number of carbonyl (C=O) groups is 1. The lowest BCUT2D eigenvalue weighted by Crippen LogP contribution is -2.45. The second-order valence-electron chi connectivity index (χ2n) is 6.88. The van der Waals surface area contributed by atoms with Crippen LogP contribution in [0, 0.1) is 0 Å². The molecule has 2 saturated heterocycles. The van der Waals surface area contributed by atoms with Crippen LogP contribution in [0.3, 0.4) is 0 Å². The molecule has 0 saturated carbocycles. The van der Waals surface area contributed by atoms with Crippen LogP contribution in [0.5, 0.6) is 0 Å². The van der Waals surface area contributed by atoms with Crippen molar-refractivity contribution in [2.75, 3.05) is 26.2 Å². The van der Waals surface area contributed by atoms with Crippen LogP contribution in [-0.2, 0) is 4.79 Å². The number of amides is 1. The average molecular weight is 348 g/mol. The minimum atomic E-state index is 0.192. The molecule has 0 spiro atoms. The molecule has 4 rings (SSSR count). The number of fused-ring (bicyclic) bond motifs is 1. The van der Waals surface area contributed by atoms with Gasteiger partial charge in [-0.25, -0.2) is 4.98 Å². The van der Waals surface area contributed by atoms with E-state index in [1.807, 2.05) is 23.1 Å². The summed E-state index contributed by atoms with van der Waals surface area (Å²) < 4.78 is 5.94. The summed E-state index contributed by atoms with van der Waals surface area (Å²) in [6, 6.07) is 6.15. The standard InChI is InChI=1S/C18H22ClN3O2/c1-12(23)21-8-5-15(6-9-21)22-7-4-13(11-22)18-20-16-10-14(19)2-3-17(16)24-18/h2-3,10,13,15H,4-9,11H2,1H3. The van der Waals surface area contributed by atoms with Gasteiger partial charge < -0.3 is 9.32 Å². The Morgan fingerprint density at radius 1 is 1.25 bits per heavy atom. The van der Waals surface area contributed by atoms with Crippen molar-refractivity contribution in [3.8, 4) is 0 Å². The van der Waals surface area contributed by atoms with Crippen LogP contribution < -0.4 is 0 Å². The van der Waals surface area contributed by atoms with Gasteiger partial charge in [-0.3, -0.25) is 9.69 Å². The van der Waals surface area contributed by atoms with Gasteiger partial charge in [0.1, 0.15) is 5.52 Å². The minimum absolute atomic E-state index is 0.192. The number of aromatic nitrogens is 1. The van der Waals surface area contributed by atoms with E-state index in [1.165, 1.54) is 0 Å². The van der Waals surface area contributed by atoms with Crippen LogP contribution >= 0.6 is 11.6 Å². The summed E-state index contributed by atoms with van der Waals surface area (Å²) in [7, 11) is 0. The number of piperidine rings is 1. The number of nitrogens with zero attached hydrogens (tertiary/aromatic N) is 3. The molecule has 2 aliphatic heterocycles. The van der Waals surface area contributed by atoms with E-state index in [2.05, 4.69) is 9.88 Å². The number of carbonyl (C=O) groups excluding carboxylic acids is 1. The largest absolute Gasteiger partial charge is 0.440 e. The average Bonchev–Trinajstić information content (AvgIpc) is 3.21. The van der Waals surface area contributed by atoms with E-state index >= 15 is 0 Å². The van der Waals surface area contributed by atoms with Gasteiger partial charge in [-0.15, -0.1) is 0 Å². The topological polar surface area (TPSA) is 49.6 Å². The fraction of sp³-hybridized carbons (Fsp3) is 0.556. The molecule has 2 fully saturated rings. The van der Waals surface area contributed by atoms with Gasteiger partial charge in [-0.1, -0.05) is 11.6 Å². The number of benzene rings is 1. The van der Waals surface area contributed by atoms with Crippen molar-refractivity contribution in [2.24, 2.45) is 0 Å². The van der Waals surface area contributed by atoms with Crippen LogP contribution in [0.25, 0.3) is 11.1 Å². The van der Waals surface area contributed by atoms with Gasteiger partial charge in [0.15, 0.2) is 11.5 Å². The molecule has 1 atom stereocenters. The number of hydrogen-bond acceptors (Lipinski definition) is 4. The van der Waals surface area contributed by atoms with Crippen molar-refractivity contribution in [2.45, 2.75) is 38.1 Å². The Hall–Kier alpha value is -1.59. The lowest BCUT2D eigenvalue weighted by Gasteiger charge is -2.36. The van der Waals surface area contributed by atoms with E-state index in [0.717, 1.165) is 62.4 Å². The molecule has 2 aromatic rings. The highest BCUT2D eigenvalue weighted by molar-refractivity contribution is 6.31. The first-order valence-electron chi connectivity index (χ1n) is 8.65. The summed E-state index contributed by atoms with van der Waals surface area (Å²) in [4.78, 5) is 20.6. The van der Waals surface area contributed by atoms with Crippen LogP contribution in [0.15, 0.2) is 22.6 Å². The molecule has 24 heavy (non-hydrogen) atoms. The smallest absolute Gasteiger partial charge is 0.219 e. The Labute approximate surface area is 146 Å². The summed E-state index contributed by atoms with van der Waals surface area (Å²) in [6.45, 7) is 5.48. The molecule has 1 aromatic heterocycles. The van der Waals surface area contributed by atoms with Gasteiger partial charge in [0.2, 0.25) is 5.91 Å². The first-order valence-corrected chi connectivity index (χ1v) is 9.03. The number of rotatable bonds is 2. The summed E-state index contributed by atoms with van der Waals surface area (Å²) in [5.74, 6) is 1.37. The summed E-state index contributed by atoms with van der Waals surface area (Å²) in [5, 5.41) is 0.688. The Morgan fingerprint density at radius 2 is 2.04 bits per heavy atom. The molecule has 0 N–H and O–H groups in total. The maximum atomic E-state index is 11.5. The maximum Gasteiger partial charge on any atom is 0.219 e. The summed E-state index contributed by atoms with van der Waals surface area (Å²) >= 11 is 6.03. The first-order chi connectivity index (χ1) is 11.6. The second kappa shape index (κ2) is 6.37. The Morgan fingerprint density at radius 3 is 2.79 bits per heavy atom. The first kappa shape index (κ1) is 15.9. The van der Waals surface area contributed by atoms with Gasteiger partial charge in [-0.05, 0) is 44.0 Å². The Kier molecular flexibility index (Phi) is 4.22. The normalized spacial score (nSPS) is 23.2. The molecule has 6 heteroatoms. The lowest BCUT2D eigenvalue weighted by atomic mass is 10.0. The molecular formula is C18H22ClN3O2. The van der Waals surface area contributed by atoms with Crippen LogP contribution in [0.1, 0.15) is 38.0 Å². The third-order valence-corrected chi connectivity index (χ3v) is 5.60. The van der Waals surface area contributed by atoms with E-state index in [1.54, 1.807) is 6.92 Å². The molecule has 1 unspecified atom stereocenters. The van der Waals surface area contributed by atoms with E-state index < -0.39 is 0 Å². The number of likely N-dealkylation sites (tertiary alicyclic amines) is 2. The molecular weight excluding hydrogens is 326 g/mol. The fourth-order valence-electron chi connectivity index (χ4n) is 3.96. The molecule has 1 aromatic carbocycles. The molecule has 1 amide bonds. The predicted molar refractivity (Wildman–Crippen MR) is 93.2 cm³/mol. The van der Waals surface area contributed by atoms with E-state index in [0.29, 0.717) is 17.0 Å². The SMILES string of the molecule is CC(=O)N1CCC(N2CCC(c3nc4cc(Cl)ccc4o3)C2)CC1. The van der Waals surface area contributed by atoms with Crippen molar-refractivity contribution in [1.29, 1.82) is 0 Å². The zero-order chi connectivity index (χ0) is 16.7. The number of hydrogen-bond donors (Lipinski definition) is 0. The summed E-state index contributed by atoms with van der Waals surface area (Å²) in [6.07, 6.45) is 3.21. The molecule has 3 heterocycles.